The summed E-state index contributed by atoms with van der Waals surface area (Å²) in [5, 5.41) is 0.521. The molecule has 106 valence electrons. The molecule has 0 aliphatic heterocycles. The molecule has 0 atom stereocenters. The Morgan fingerprint density at radius 1 is 1.19 bits per heavy atom. The highest BCUT2D eigenvalue weighted by Crippen LogP contribution is 2.37. The van der Waals surface area contributed by atoms with Crippen LogP contribution >= 0.6 is 11.3 Å². The fraction of sp³-hybridized carbons (Fsp3) is 0.0667. The lowest BCUT2D eigenvalue weighted by atomic mass is 10.3. The maximum absolute atomic E-state index is 11.9. The lowest BCUT2D eigenvalue weighted by Crippen LogP contribution is -2.31. The van der Waals surface area contributed by atoms with Gasteiger partial charge in [-0.05, 0) is 24.3 Å². The number of carbonyl (C=O) groups is 1. The number of nitrogens with two attached hydrogens (primary N) is 1. The number of thiazole rings is 1. The van der Waals surface area contributed by atoms with Crippen LogP contribution in [0.5, 0.6) is 5.75 Å². The van der Waals surface area contributed by atoms with E-state index in [4.69, 9.17) is 10.5 Å². The van der Waals surface area contributed by atoms with E-state index in [-0.39, 0.29) is 0 Å². The highest BCUT2D eigenvalue weighted by atomic mass is 32.1. The zero-order valence-electron chi connectivity index (χ0n) is 11.3. The molecule has 0 bridgehead atoms. The molecule has 6 heteroatoms. The first-order valence-corrected chi connectivity index (χ1v) is 7.10. The molecule has 2 aromatic carbocycles. The van der Waals surface area contributed by atoms with Crippen LogP contribution in [-0.2, 0) is 0 Å². The van der Waals surface area contributed by atoms with Crippen molar-refractivity contribution in [1.29, 1.82) is 0 Å². The van der Waals surface area contributed by atoms with Crippen LogP contribution in [0.25, 0.3) is 10.2 Å². The van der Waals surface area contributed by atoms with Gasteiger partial charge in [0.15, 0.2) is 5.13 Å². The zero-order chi connectivity index (χ0) is 14.8. The summed E-state index contributed by atoms with van der Waals surface area (Å²) in [6, 6.07) is 14.3. The van der Waals surface area contributed by atoms with Gasteiger partial charge in [-0.1, -0.05) is 35.6 Å². The number of hydrogen-bond acceptors (Lipinski definition) is 4. The molecule has 5 nitrogen and oxygen atoms in total. The van der Waals surface area contributed by atoms with E-state index in [1.807, 2.05) is 36.4 Å². The van der Waals surface area contributed by atoms with E-state index in [9.17, 15) is 4.79 Å². The van der Waals surface area contributed by atoms with Crippen molar-refractivity contribution in [3.8, 4) is 5.75 Å². The minimum absolute atomic E-state index is 0.521. The number of rotatable bonds is 3. The molecule has 1 aromatic heterocycles. The van der Waals surface area contributed by atoms with E-state index in [0.29, 0.717) is 16.6 Å². The maximum atomic E-state index is 11.9. The molecule has 21 heavy (non-hydrogen) atoms. The summed E-state index contributed by atoms with van der Waals surface area (Å²) in [5.41, 5.74) is 6.95. The minimum Gasteiger partial charge on any atom is -0.495 e. The number of para-hydroxylation sites is 3. The van der Waals surface area contributed by atoms with Crippen LogP contribution < -0.4 is 15.4 Å². The predicted molar refractivity (Wildman–Crippen MR) is 84.3 cm³/mol. The van der Waals surface area contributed by atoms with Crippen molar-refractivity contribution in [2.75, 3.05) is 12.0 Å². The topological polar surface area (TPSA) is 68.5 Å². The first-order chi connectivity index (χ1) is 10.2. The van der Waals surface area contributed by atoms with Crippen molar-refractivity contribution in [3.63, 3.8) is 0 Å². The number of primary amides is 1. The Kier molecular flexibility index (Phi) is 3.45. The van der Waals surface area contributed by atoms with Crippen LogP contribution in [0.1, 0.15) is 0 Å². The van der Waals surface area contributed by atoms with Gasteiger partial charge in [0, 0.05) is 0 Å². The second kappa shape index (κ2) is 5.41. The molecule has 0 saturated heterocycles. The van der Waals surface area contributed by atoms with Crippen molar-refractivity contribution < 1.29 is 9.53 Å². The third kappa shape index (κ3) is 2.41. The number of urea groups is 1. The second-order valence-electron chi connectivity index (χ2n) is 4.31. The highest BCUT2D eigenvalue weighted by Gasteiger charge is 2.22. The Morgan fingerprint density at radius 2 is 1.90 bits per heavy atom. The third-order valence-electron chi connectivity index (χ3n) is 3.02. The van der Waals surface area contributed by atoms with E-state index in [0.717, 1.165) is 10.2 Å². The molecule has 0 spiro atoms. The number of hydrogen-bond donors (Lipinski definition) is 1. The zero-order valence-corrected chi connectivity index (χ0v) is 12.1. The summed E-state index contributed by atoms with van der Waals surface area (Å²) >= 11 is 1.41. The van der Waals surface area contributed by atoms with Crippen LogP contribution in [0.2, 0.25) is 0 Å². The molecule has 0 radical (unpaired) electrons. The summed E-state index contributed by atoms with van der Waals surface area (Å²) in [5.74, 6) is 0.565. The average molecular weight is 299 g/mol. The summed E-state index contributed by atoms with van der Waals surface area (Å²) in [6.45, 7) is 0. The molecular formula is C15H13N3O2S. The molecule has 1 heterocycles. The quantitative estimate of drug-likeness (QED) is 0.804. The van der Waals surface area contributed by atoms with Gasteiger partial charge in [0.1, 0.15) is 5.75 Å². The summed E-state index contributed by atoms with van der Waals surface area (Å²) in [6.07, 6.45) is 0. The highest BCUT2D eigenvalue weighted by molar-refractivity contribution is 7.22. The van der Waals surface area contributed by atoms with Gasteiger partial charge < -0.3 is 10.5 Å². The molecule has 0 unspecified atom stereocenters. The molecule has 3 rings (SSSR count). The van der Waals surface area contributed by atoms with Gasteiger partial charge in [0.2, 0.25) is 0 Å². The molecule has 3 aromatic rings. The van der Waals surface area contributed by atoms with Gasteiger partial charge in [-0.2, -0.15) is 0 Å². The molecule has 0 aliphatic rings. The smallest absolute Gasteiger partial charge is 0.325 e. The van der Waals surface area contributed by atoms with Crippen LogP contribution in [0, 0.1) is 0 Å². The Balaban J connectivity index is 2.15. The Morgan fingerprint density at radius 3 is 2.62 bits per heavy atom. The fourth-order valence-electron chi connectivity index (χ4n) is 2.09. The fourth-order valence-corrected chi connectivity index (χ4v) is 3.07. The molecule has 0 aliphatic carbocycles. The minimum atomic E-state index is -0.599. The predicted octanol–water partition coefficient (Wildman–Crippen LogP) is 3.52. The van der Waals surface area contributed by atoms with Gasteiger partial charge in [-0.15, -0.1) is 0 Å². The van der Waals surface area contributed by atoms with Crippen LogP contribution in [-0.4, -0.2) is 18.1 Å². The standard InChI is InChI=1S/C15H13N3O2S/c1-20-12-8-4-3-7-11(12)18(14(16)19)15-17-10-6-2-5-9-13(10)21-15/h2-9H,1H3,(H2,16,19). The van der Waals surface area contributed by atoms with Gasteiger partial charge >= 0.3 is 6.03 Å². The lowest BCUT2D eigenvalue weighted by molar-refractivity contribution is 0.256. The average Bonchev–Trinajstić information content (AvgIpc) is 2.90. The first kappa shape index (κ1) is 13.4. The molecule has 0 fully saturated rings. The SMILES string of the molecule is COc1ccccc1N(C(N)=O)c1nc2ccccc2s1. The van der Waals surface area contributed by atoms with E-state index in [2.05, 4.69) is 4.98 Å². The Labute approximate surface area is 125 Å². The van der Waals surface area contributed by atoms with Crippen molar-refractivity contribution in [3.05, 3.63) is 48.5 Å². The molecule has 2 N–H and O–H groups in total. The van der Waals surface area contributed by atoms with Crippen LogP contribution in [0.15, 0.2) is 48.5 Å². The van der Waals surface area contributed by atoms with Crippen molar-refractivity contribution >= 4 is 38.4 Å². The van der Waals surface area contributed by atoms with Crippen LogP contribution in [0.3, 0.4) is 0 Å². The Hall–Kier alpha value is -2.60. The van der Waals surface area contributed by atoms with Crippen molar-refractivity contribution in [1.82, 2.24) is 4.98 Å². The largest absolute Gasteiger partial charge is 0.495 e. The van der Waals surface area contributed by atoms with Crippen molar-refractivity contribution in [2.24, 2.45) is 5.73 Å². The number of amides is 2. The second-order valence-corrected chi connectivity index (χ2v) is 5.32. The van der Waals surface area contributed by atoms with Gasteiger partial charge in [0.05, 0.1) is 23.0 Å². The molecule has 0 saturated carbocycles. The number of methoxy groups -OCH3 is 1. The number of carbonyl (C=O) groups excluding carboxylic acids is 1. The van der Waals surface area contributed by atoms with E-state index in [1.54, 1.807) is 19.2 Å². The maximum Gasteiger partial charge on any atom is 0.325 e. The number of anilines is 2. The lowest BCUT2D eigenvalue weighted by Gasteiger charge is -2.19. The van der Waals surface area contributed by atoms with E-state index in [1.165, 1.54) is 16.2 Å². The van der Waals surface area contributed by atoms with Gasteiger partial charge in [-0.25, -0.2) is 14.7 Å². The number of aromatic nitrogens is 1. The summed E-state index contributed by atoms with van der Waals surface area (Å²) in [4.78, 5) is 17.7. The number of fused-ring (bicyclic) bond motifs is 1. The normalized spacial score (nSPS) is 10.5. The monoisotopic (exact) mass is 299 g/mol. The Bertz CT molecular complexity index is 767. The number of benzene rings is 2. The van der Waals surface area contributed by atoms with E-state index < -0.39 is 6.03 Å². The first-order valence-electron chi connectivity index (χ1n) is 6.29. The summed E-state index contributed by atoms with van der Waals surface area (Å²) < 4.78 is 6.29. The van der Waals surface area contributed by atoms with Crippen LogP contribution in [0.4, 0.5) is 15.6 Å². The van der Waals surface area contributed by atoms with Gasteiger partial charge in [0.25, 0.3) is 0 Å². The number of ether oxygens (including phenoxy) is 1. The van der Waals surface area contributed by atoms with Gasteiger partial charge in [-0.3, -0.25) is 0 Å². The third-order valence-corrected chi connectivity index (χ3v) is 4.04. The summed E-state index contributed by atoms with van der Waals surface area (Å²) in [7, 11) is 1.55. The van der Waals surface area contributed by atoms with E-state index >= 15 is 0 Å². The number of nitrogens with zero attached hydrogens (tertiary/aromatic N) is 2. The molecule has 2 amide bonds. The van der Waals surface area contributed by atoms with Crippen molar-refractivity contribution in [2.45, 2.75) is 0 Å². The molecular weight excluding hydrogens is 286 g/mol.